The number of aliphatic carboxylic acids is 1. The number of aromatic hydroxyl groups is 6. The lowest BCUT2D eigenvalue weighted by Gasteiger charge is -2.31. The number of phenols is 6. The van der Waals surface area contributed by atoms with Crippen LogP contribution >= 0.6 is 23.2 Å². The fourth-order valence-corrected chi connectivity index (χ4v) is 11.7. The molecule has 6 aliphatic heterocycles. The van der Waals surface area contributed by atoms with Gasteiger partial charge in [-0.15, -0.1) is 0 Å². The number of aliphatic hydroxyl groups excluding tert-OH is 1. The molecule has 95 heavy (non-hydrogen) atoms. The number of carboxylic acid groups (broad SMARTS) is 1. The fourth-order valence-electron chi connectivity index (χ4n) is 11.2. The van der Waals surface area contributed by atoms with Crippen molar-refractivity contribution in [2.75, 3.05) is 0 Å². The Bertz CT molecular complexity index is 4540. The van der Waals surface area contributed by atoms with Gasteiger partial charge in [0.1, 0.15) is 89.2 Å². The molecule has 6 aliphatic rings. The molecule has 0 aromatic heterocycles. The molecule has 14 rings (SSSR count). The maximum atomic E-state index is 15.8. The number of carboxylic acids is 1. The second-order valence-electron chi connectivity index (χ2n) is 22.3. The Kier molecular flexibility index (Phi) is 17.1. The van der Waals surface area contributed by atoms with E-state index in [4.69, 9.17) is 42.1 Å². The van der Waals surface area contributed by atoms with Gasteiger partial charge in [-0.1, -0.05) is 77.8 Å². The predicted molar refractivity (Wildman–Crippen MR) is 331 cm³/mol. The highest BCUT2D eigenvalue weighted by Gasteiger charge is 2.42. The van der Waals surface area contributed by atoms with Crippen LogP contribution < -0.4 is 51.4 Å². The van der Waals surface area contributed by atoms with Crippen LogP contribution in [0.25, 0.3) is 11.1 Å². The minimum Gasteiger partial charge on any atom is -0.508 e. The molecular formula is C66H51Cl2N7O20. The van der Waals surface area contributed by atoms with E-state index in [-0.39, 0.29) is 73.0 Å². The third-order valence-corrected chi connectivity index (χ3v) is 16.5. The standard InChI is InChI=1S/C66H51Cl2N7O20/c67-39-14-28-6-12-45(39)94-48-21-33-22-49(58(48)82)95-46-13-9-31(19-40(46)68)57(81)56-64(88)73-55(65(89)90)38-24-35(77)25-44(80)50(38)37-18-29(7-10-42(37)78)51(61(85)74-56)71-63(87)54(33)72-62(86)53-32-16-34(76)23-36(17-32)93-47-20-30(8-11-43(47)79)52(60(84)69-41(15-28)59(83)70-53)75-66(91)92-26-27-4-2-1-3-5-27/h1-14,16-25,41,51-57,76-82H,15,26H2,(H,69,84)(H,70,83)(H,71,87)(H,72,86)(H,73,88)(H,74,85)(H,75,91)(H,89,90)/t41?,51?,52?,53?,54?,55-,56?,57?/m1/s1. The summed E-state index contributed by atoms with van der Waals surface area (Å²) in [7, 11) is 0. The van der Waals surface area contributed by atoms with Gasteiger partial charge in [0.2, 0.25) is 41.2 Å². The SMILES string of the molecule is O=C(NC1C(=O)NC2Cc3ccc(c(Cl)c3)Oc3cc4cc(c3O)Oc3ccc(cc3Cl)C(O)C3NC(=O)C(NC(=O)C4NC(=O)C(NC2=O)c2cc(O)cc(c2)Oc2cc1ccc2O)c1ccc(O)c(c1)-c1c(O)cc(O)cc1[C@H](C(=O)O)NC3=O)OCc1ccccc1. The van der Waals surface area contributed by atoms with Crippen LogP contribution in [0.4, 0.5) is 4.79 Å². The van der Waals surface area contributed by atoms with Crippen LogP contribution in [0.3, 0.4) is 0 Å². The molecule has 0 saturated heterocycles. The Morgan fingerprint density at radius 2 is 1.12 bits per heavy atom. The number of rotatable bonds is 4. The molecule has 8 aromatic rings. The number of carbonyl (C=O) groups excluding carboxylic acids is 7. The molecule has 0 aliphatic carbocycles. The summed E-state index contributed by atoms with van der Waals surface area (Å²) in [5.41, 5.74) is -1.79. The Labute approximate surface area is 545 Å². The lowest BCUT2D eigenvalue weighted by atomic mass is 9.89. The van der Waals surface area contributed by atoms with Gasteiger partial charge in [-0.3, -0.25) is 28.8 Å². The summed E-state index contributed by atoms with van der Waals surface area (Å²) in [5, 5.41) is 108. The van der Waals surface area contributed by atoms with Gasteiger partial charge in [0, 0.05) is 35.2 Å². The monoisotopic (exact) mass is 1330 g/mol. The first kappa shape index (κ1) is 63.2. The Morgan fingerprint density at radius 3 is 1.80 bits per heavy atom. The van der Waals surface area contributed by atoms with Crippen molar-refractivity contribution in [1.82, 2.24) is 37.2 Å². The van der Waals surface area contributed by atoms with E-state index >= 15 is 19.2 Å². The number of fused-ring (bicyclic) bond motifs is 14. The molecule has 27 nitrogen and oxygen atoms in total. The van der Waals surface area contributed by atoms with Crippen LogP contribution in [0.5, 0.6) is 69.0 Å². The summed E-state index contributed by atoms with van der Waals surface area (Å²) in [4.78, 5) is 118. The number of aliphatic hydroxyl groups is 1. The summed E-state index contributed by atoms with van der Waals surface area (Å²) >= 11 is 13.8. The number of carbonyl (C=O) groups is 8. The molecule has 0 saturated carbocycles. The number of phenolic OH excluding ortho intramolecular Hbond substituents is 6. The highest BCUT2D eigenvalue weighted by molar-refractivity contribution is 6.32. The second-order valence-corrected chi connectivity index (χ2v) is 23.1. The van der Waals surface area contributed by atoms with Crippen molar-refractivity contribution in [3.63, 3.8) is 0 Å². The Morgan fingerprint density at radius 1 is 0.516 bits per heavy atom. The van der Waals surface area contributed by atoms with Gasteiger partial charge in [-0.2, -0.15) is 0 Å². The van der Waals surface area contributed by atoms with Crippen LogP contribution in [-0.2, 0) is 51.3 Å². The van der Waals surface area contributed by atoms with Crippen molar-refractivity contribution in [2.24, 2.45) is 0 Å². The zero-order valence-corrected chi connectivity index (χ0v) is 50.1. The minimum atomic E-state index is -2.22. The summed E-state index contributed by atoms with van der Waals surface area (Å²) in [6.07, 6.45) is -3.69. The Balaban J connectivity index is 1.04. The number of alkyl carbamates (subject to hydrolysis) is 1. The first-order valence-corrected chi connectivity index (χ1v) is 29.4. The van der Waals surface area contributed by atoms with E-state index in [1.54, 1.807) is 30.3 Å². The van der Waals surface area contributed by atoms with E-state index in [1.165, 1.54) is 48.5 Å². The lowest BCUT2D eigenvalue weighted by molar-refractivity contribution is -0.143. The van der Waals surface area contributed by atoms with E-state index in [2.05, 4.69) is 37.2 Å². The molecule has 29 heteroatoms. The molecule has 8 atom stereocenters. The molecule has 15 N–H and O–H groups in total. The molecule has 17 bridgehead atoms. The average Bonchev–Trinajstić information content (AvgIpc) is 0.773. The largest absolute Gasteiger partial charge is 0.508 e. The van der Waals surface area contributed by atoms with E-state index in [0.29, 0.717) is 5.56 Å². The zero-order chi connectivity index (χ0) is 67.3. The third-order valence-electron chi connectivity index (χ3n) is 15.9. The van der Waals surface area contributed by atoms with Crippen molar-refractivity contribution in [1.29, 1.82) is 0 Å². The van der Waals surface area contributed by atoms with Gasteiger partial charge < -0.3 is 97.0 Å². The normalized spacial score (nSPS) is 20.8. The highest BCUT2D eigenvalue weighted by Crippen LogP contribution is 2.48. The molecule has 484 valence electrons. The van der Waals surface area contributed by atoms with Gasteiger partial charge in [0.25, 0.3) is 0 Å². The third kappa shape index (κ3) is 13.0. The number of nitrogens with one attached hydrogen (secondary N) is 7. The van der Waals surface area contributed by atoms with Crippen molar-refractivity contribution in [3.8, 4) is 80.1 Å². The zero-order valence-electron chi connectivity index (χ0n) is 48.6. The van der Waals surface area contributed by atoms with Crippen LogP contribution in [0.1, 0.15) is 80.8 Å². The smallest absolute Gasteiger partial charge is 0.408 e. The number of ether oxygens (including phenoxy) is 4. The number of hydrogen-bond donors (Lipinski definition) is 15. The molecule has 8 aromatic carbocycles. The van der Waals surface area contributed by atoms with Crippen molar-refractivity contribution in [3.05, 3.63) is 200 Å². The van der Waals surface area contributed by atoms with E-state index in [9.17, 15) is 60.0 Å². The van der Waals surface area contributed by atoms with Crippen molar-refractivity contribution < 1.29 is 98.2 Å². The van der Waals surface area contributed by atoms with Gasteiger partial charge >= 0.3 is 12.1 Å². The lowest BCUT2D eigenvalue weighted by Crippen LogP contribution is -2.55. The number of hydrogen-bond acceptors (Lipinski definition) is 19. The van der Waals surface area contributed by atoms with Gasteiger partial charge in [0.05, 0.1) is 10.0 Å². The van der Waals surface area contributed by atoms with Crippen LogP contribution in [0.15, 0.2) is 146 Å². The number of halogens is 2. The molecule has 6 heterocycles. The maximum Gasteiger partial charge on any atom is 0.408 e. The summed E-state index contributed by atoms with van der Waals surface area (Å²) in [6, 6.07) is 15.7. The minimum absolute atomic E-state index is 0.0179. The first-order chi connectivity index (χ1) is 45.4. The number of benzene rings is 8. The van der Waals surface area contributed by atoms with E-state index < -0.39 is 165 Å². The maximum absolute atomic E-state index is 15.8. The fraction of sp³-hybridized carbons (Fsp3) is 0.152. The Hall–Kier alpha value is -11.9. The van der Waals surface area contributed by atoms with E-state index in [1.807, 2.05) is 0 Å². The summed E-state index contributed by atoms with van der Waals surface area (Å²) in [6.45, 7) is -0.238. The van der Waals surface area contributed by atoms with Gasteiger partial charge in [-0.05, 0) is 118 Å². The molecule has 0 spiro atoms. The summed E-state index contributed by atoms with van der Waals surface area (Å²) < 4.78 is 24.1. The van der Waals surface area contributed by atoms with Crippen LogP contribution in [0.2, 0.25) is 10.0 Å². The topological polar surface area (TPSA) is 420 Å². The molecule has 0 fully saturated rings. The first-order valence-electron chi connectivity index (χ1n) is 28.7. The second kappa shape index (κ2) is 25.6. The van der Waals surface area contributed by atoms with Crippen molar-refractivity contribution in [2.45, 2.75) is 61.4 Å². The van der Waals surface area contributed by atoms with Crippen LogP contribution in [-0.4, -0.2) is 100 Å². The summed E-state index contributed by atoms with van der Waals surface area (Å²) in [5.74, 6) is -15.7. The quantitative estimate of drug-likeness (QED) is 0.0847. The van der Waals surface area contributed by atoms with Gasteiger partial charge in [0.15, 0.2) is 29.0 Å². The average molecular weight is 1330 g/mol. The molecule has 7 amide bonds. The van der Waals surface area contributed by atoms with Crippen LogP contribution in [0, 0.1) is 0 Å². The molecular weight excluding hydrogens is 1280 g/mol. The van der Waals surface area contributed by atoms with Gasteiger partial charge in [-0.25, -0.2) is 9.59 Å². The molecule has 0 radical (unpaired) electrons. The van der Waals surface area contributed by atoms with Crippen molar-refractivity contribution >= 4 is 70.7 Å². The van der Waals surface area contributed by atoms with E-state index in [0.717, 1.165) is 66.7 Å². The predicted octanol–water partition coefficient (Wildman–Crippen LogP) is 6.95. The number of amides is 7. The molecule has 7 unspecified atom stereocenters. The highest BCUT2D eigenvalue weighted by atomic mass is 35.5.